The molecule has 2 aromatic carbocycles. The lowest BCUT2D eigenvalue weighted by Gasteiger charge is -2.01. The third-order valence-corrected chi connectivity index (χ3v) is 5.40. The van der Waals surface area contributed by atoms with E-state index in [1.54, 1.807) is 23.5 Å². The van der Waals surface area contributed by atoms with E-state index < -0.39 is 0 Å². The maximum atomic E-state index is 8.83. The highest BCUT2D eigenvalue weighted by Crippen LogP contribution is 2.49. The highest BCUT2D eigenvalue weighted by Gasteiger charge is 2.13. The van der Waals surface area contributed by atoms with Gasteiger partial charge in [-0.25, -0.2) is 0 Å². The maximum absolute atomic E-state index is 8.83. The Morgan fingerprint density at radius 1 is 0.818 bits per heavy atom. The quantitative estimate of drug-likeness (QED) is 0.763. The minimum atomic E-state index is 0.672. The lowest BCUT2D eigenvalue weighted by Crippen LogP contribution is -1.79. The van der Waals surface area contributed by atoms with Crippen molar-refractivity contribution in [3.63, 3.8) is 0 Å². The molecule has 2 nitrogen and oxygen atoms in total. The molecular weight excluding hydrogens is 308 g/mol. The topological polar surface area (TPSA) is 47.6 Å². The van der Waals surface area contributed by atoms with Crippen LogP contribution in [0.15, 0.2) is 58.2 Å². The van der Waals surface area contributed by atoms with Crippen LogP contribution in [0.3, 0.4) is 0 Å². The van der Waals surface area contributed by atoms with Crippen LogP contribution in [0, 0.1) is 22.7 Å². The fourth-order valence-electron chi connectivity index (χ4n) is 1.96. The predicted octanol–water partition coefficient (Wildman–Crippen LogP) is 5.21. The van der Waals surface area contributed by atoms with Crippen molar-refractivity contribution in [2.24, 2.45) is 0 Å². The molecule has 3 rings (SSSR count). The van der Waals surface area contributed by atoms with Crippen molar-refractivity contribution < 1.29 is 0 Å². The first-order valence-electron chi connectivity index (χ1n) is 6.55. The third-order valence-electron chi connectivity index (χ3n) is 3.12. The summed E-state index contributed by atoms with van der Waals surface area (Å²) >= 11 is 3.41. The molecule has 0 saturated carbocycles. The number of nitriles is 2. The van der Waals surface area contributed by atoms with Gasteiger partial charge in [0, 0.05) is 9.14 Å². The summed E-state index contributed by atoms with van der Waals surface area (Å²) in [6, 6.07) is 19.4. The fourth-order valence-corrected chi connectivity index (χ4v) is 4.13. The summed E-state index contributed by atoms with van der Waals surface area (Å²) in [5.74, 6) is 0. The van der Waals surface area contributed by atoms with Crippen LogP contribution in [0.4, 0.5) is 0 Å². The fraction of sp³-hybridized carbons (Fsp3) is 0. The van der Waals surface area contributed by atoms with Crippen LogP contribution in [0.2, 0.25) is 0 Å². The Kier molecular flexibility index (Phi) is 4.34. The number of hydrogen-bond acceptors (Lipinski definition) is 4. The van der Waals surface area contributed by atoms with E-state index in [1.165, 1.54) is 9.14 Å². The van der Waals surface area contributed by atoms with Crippen molar-refractivity contribution in [3.8, 4) is 12.1 Å². The number of rotatable bonds is 2. The molecule has 0 amide bonds. The molecule has 0 fully saturated rings. The van der Waals surface area contributed by atoms with Crippen LogP contribution in [0.5, 0.6) is 0 Å². The van der Waals surface area contributed by atoms with Gasteiger partial charge in [0.05, 0.1) is 23.3 Å². The Morgan fingerprint density at radius 3 is 2.00 bits per heavy atom. The smallest absolute Gasteiger partial charge is 0.0991 e. The van der Waals surface area contributed by atoms with Crippen LogP contribution in [-0.2, 0) is 0 Å². The highest BCUT2D eigenvalue weighted by molar-refractivity contribution is 8.31. The summed E-state index contributed by atoms with van der Waals surface area (Å²) in [4.78, 5) is 1.19. The van der Waals surface area contributed by atoms with E-state index in [9.17, 15) is 0 Å². The van der Waals surface area contributed by atoms with E-state index in [0.29, 0.717) is 11.1 Å². The zero-order chi connectivity index (χ0) is 15.4. The summed E-state index contributed by atoms with van der Waals surface area (Å²) in [6.07, 6.45) is 2.11. The van der Waals surface area contributed by atoms with E-state index >= 15 is 0 Å². The standard InChI is InChI=1S/C18H10N2S2/c19-10-14-3-1-13(2-4-14)9-18-21-12-17(22-18)16-7-5-15(11-20)6-8-16/h1-9,12H/b18-9-. The van der Waals surface area contributed by atoms with Crippen molar-refractivity contribution >= 4 is 34.5 Å². The van der Waals surface area contributed by atoms with Crippen LogP contribution in [0.1, 0.15) is 22.3 Å². The molecule has 0 saturated heterocycles. The van der Waals surface area contributed by atoms with Gasteiger partial charge in [0.1, 0.15) is 0 Å². The molecule has 0 aromatic heterocycles. The molecule has 0 bridgehead atoms. The molecule has 1 heterocycles. The third kappa shape index (κ3) is 3.26. The van der Waals surface area contributed by atoms with E-state index in [4.69, 9.17) is 10.5 Å². The van der Waals surface area contributed by atoms with Gasteiger partial charge in [-0.2, -0.15) is 10.5 Å². The van der Waals surface area contributed by atoms with Crippen molar-refractivity contribution in [3.05, 3.63) is 80.4 Å². The monoisotopic (exact) mass is 318 g/mol. The van der Waals surface area contributed by atoms with Crippen LogP contribution < -0.4 is 0 Å². The molecule has 0 spiro atoms. The Labute approximate surface area is 137 Å². The second kappa shape index (κ2) is 6.58. The SMILES string of the molecule is N#Cc1ccc(/C=C2/SC=C(c3ccc(C#N)cc3)S2)cc1. The molecule has 4 heteroatoms. The van der Waals surface area contributed by atoms with Crippen molar-refractivity contribution in [1.29, 1.82) is 10.5 Å². The van der Waals surface area contributed by atoms with E-state index in [0.717, 1.165) is 11.1 Å². The van der Waals surface area contributed by atoms with Gasteiger partial charge in [-0.05, 0) is 46.9 Å². The van der Waals surface area contributed by atoms with Crippen LogP contribution in [0.25, 0.3) is 11.0 Å². The van der Waals surface area contributed by atoms with Gasteiger partial charge in [-0.1, -0.05) is 47.8 Å². The molecule has 0 radical (unpaired) electrons. The summed E-state index contributed by atoms with van der Waals surface area (Å²) in [6.45, 7) is 0. The number of benzene rings is 2. The largest absolute Gasteiger partial charge is 0.192 e. The molecule has 0 N–H and O–H groups in total. The average Bonchev–Trinajstić information content (AvgIpc) is 3.04. The Bertz CT molecular complexity index is 833. The Morgan fingerprint density at radius 2 is 1.41 bits per heavy atom. The van der Waals surface area contributed by atoms with E-state index in [1.807, 2.05) is 48.5 Å². The molecule has 0 aliphatic carbocycles. The zero-order valence-electron chi connectivity index (χ0n) is 11.5. The first-order chi connectivity index (χ1) is 10.8. The Hall–Kier alpha value is -2.40. The summed E-state index contributed by atoms with van der Waals surface area (Å²) < 4.78 is 1.20. The molecule has 22 heavy (non-hydrogen) atoms. The minimum absolute atomic E-state index is 0.672. The Balaban J connectivity index is 1.74. The number of nitrogens with zero attached hydrogens (tertiary/aromatic N) is 2. The van der Waals surface area contributed by atoms with Crippen LogP contribution in [-0.4, -0.2) is 0 Å². The minimum Gasteiger partial charge on any atom is -0.192 e. The summed E-state index contributed by atoms with van der Waals surface area (Å²) in [5, 5.41) is 19.8. The molecular formula is C18H10N2S2. The second-order valence-electron chi connectivity index (χ2n) is 4.59. The molecule has 1 aliphatic heterocycles. The van der Waals surface area contributed by atoms with Gasteiger partial charge in [0.15, 0.2) is 0 Å². The number of hydrogen-bond donors (Lipinski definition) is 0. The molecule has 0 unspecified atom stereocenters. The molecule has 0 atom stereocenters. The lowest BCUT2D eigenvalue weighted by molar-refractivity contribution is 1.48. The van der Waals surface area contributed by atoms with Crippen molar-refractivity contribution in [2.45, 2.75) is 0 Å². The van der Waals surface area contributed by atoms with Gasteiger partial charge in [-0.15, -0.1) is 0 Å². The molecule has 104 valence electrons. The molecule has 2 aromatic rings. The normalized spacial score (nSPS) is 15.2. The van der Waals surface area contributed by atoms with E-state index in [2.05, 4.69) is 23.6 Å². The van der Waals surface area contributed by atoms with Gasteiger partial charge in [-0.3, -0.25) is 0 Å². The van der Waals surface area contributed by atoms with Gasteiger partial charge in [0.2, 0.25) is 0 Å². The van der Waals surface area contributed by atoms with Gasteiger partial charge < -0.3 is 0 Å². The van der Waals surface area contributed by atoms with Crippen LogP contribution >= 0.6 is 23.5 Å². The summed E-state index contributed by atoms with van der Waals surface area (Å²) in [5.41, 5.74) is 3.56. The predicted molar refractivity (Wildman–Crippen MR) is 93.5 cm³/mol. The average molecular weight is 318 g/mol. The van der Waals surface area contributed by atoms with Crippen molar-refractivity contribution in [2.75, 3.05) is 0 Å². The van der Waals surface area contributed by atoms with Crippen molar-refractivity contribution in [1.82, 2.24) is 0 Å². The summed E-state index contributed by atoms with van der Waals surface area (Å²) in [7, 11) is 0. The number of thioether (sulfide) groups is 2. The lowest BCUT2D eigenvalue weighted by atomic mass is 10.1. The highest BCUT2D eigenvalue weighted by atomic mass is 32.2. The van der Waals surface area contributed by atoms with Gasteiger partial charge in [0.25, 0.3) is 0 Å². The zero-order valence-corrected chi connectivity index (χ0v) is 13.1. The second-order valence-corrected chi connectivity index (χ2v) is 6.84. The van der Waals surface area contributed by atoms with E-state index in [-0.39, 0.29) is 0 Å². The molecule has 1 aliphatic rings. The first kappa shape index (κ1) is 14.5. The van der Waals surface area contributed by atoms with Gasteiger partial charge >= 0.3 is 0 Å². The first-order valence-corrected chi connectivity index (χ1v) is 8.25. The maximum Gasteiger partial charge on any atom is 0.0991 e.